The van der Waals surface area contributed by atoms with E-state index >= 15 is 0 Å². The third kappa shape index (κ3) is 2.07. The number of rotatable bonds is 2. The maximum Gasteiger partial charge on any atom is 0.173 e. The van der Waals surface area contributed by atoms with Crippen molar-refractivity contribution in [2.75, 3.05) is 11.4 Å². The molecule has 0 aliphatic carbocycles. The maximum absolute atomic E-state index is 8.91. The van der Waals surface area contributed by atoms with E-state index in [9.17, 15) is 0 Å². The quantitative estimate of drug-likeness (QED) is 0.363. The van der Waals surface area contributed by atoms with E-state index in [1.54, 1.807) is 6.20 Å². The average molecular weight is 272 g/mol. The van der Waals surface area contributed by atoms with Crippen molar-refractivity contribution in [2.24, 2.45) is 10.9 Å². The second-order valence-electron chi connectivity index (χ2n) is 4.77. The smallest absolute Gasteiger partial charge is 0.173 e. The topological polar surface area (TPSA) is 92.6 Å². The Morgan fingerprint density at radius 1 is 1.40 bits per heavy atom. The van der Waals surface area contributed by atoms with Crippen molar-refractivity contribution in [3.8, 4) is 0 Å². The number of amidine groups is 1. The zero-order valence-electron chi connectivity index (χ0n) is 11.2. The maximum atomic E-state index is 8.91. The van der Waals surface area contributed by atoms with Gasteiger partial charge in [0.15, 0.2) is 5.84 Å². The molecular formula is C13H16N6O. The molecule has 0 spiro atoms. The molecule has 7 heteroatoms. The van der Waals surface area contributed by atoms with E-state index in [1.807, 2.05) is 25.3 Å². The number of nitrogens with zero attached hydrogens (tertiary/aromatic N) is 5. The van der Waals surface area contributed by atoms with Crippen LogP contribution in [0.15, 0.2) is 29.7 Å². The molecule has 0 aromatic carbocycles. The van der Waals surface area contributed by atoms with Crippen molar-refractivity contribution in [3.63, 3.8) is 0 Å². The molecule has 0 atom stereocenters. The molecule has 7 nitrogen and oxygen atoms in total. The van der Waals surface area contributed by atoms with Crippen molar-refractivity contribution < 1.29 is 5.21 Å². The van der Waals surface area contributed by atoms with Crippen molar-refractivity contribution in [2.45, 2.75) is 20.0 Å². The summed E-state index contributed by atoms with van der Waals surface area (Å²) in [5.74, 6) is 1.79. The minimum Gasteiger partial charge on any atom is -0.409 e. The number of nitrogens with two attached hydrogens (primary N) is 1. The highest BCUT2D eigenvalue weighted by atomic mass is 16.4. The summed E-state index contributed by atoms with van der Waals surface area (Å²) in [6, 6.07) is 3.68. The largest absolute Gasteiger partial charge is 0.409 e. The van der Waals surface area contributed by atoms with Crippen LogP contribution >= 0.6 is 0 Å². The molecule has 3 N–H and O–H groups in total. The normalized spacial score (nSPS) is 15.2. The highest BCUT2D eigenvalue weighted by Gasteiger charge is 2.21. The number of pyridine rings is 1. The predicted octanol–water partition coefficient (Wildman–Crippen LogP) is 0.701. The van der Waals surface area contributed by atoms with Crippen LogP contribution in [0, 0.1) is 6.92 Å². The first-order valence-corrected chi connectivity index (χ1v) is 6.39. The number of fused-ring (bicyclic) bond motifs is 1. The van der Waals surface area contributed by atoms with E-state index in [0.717, 1.165) is 30.4 Å². The fourth-order valence-corrected chi connectivity index (χ4v) is 2.39. The second-order valence-corrected chi connectivity index (χ2v) is 4.77. The fourth-order valence-electron chi connectivity index (χ4n) is 2.39. The SMILES string of the molecule is Cc1ccc(C(N)=NO)c(N2CCn3ccnc3C2)n1. The van der Waals surface area contributed by atoms with Gasteiger partial charge in [0.2, 0.25) is 0 Å². The Balaban J connectivity index is 2.00. The van der Waals surface area contributed by atoms with E-state index in [1.165, 1.54) is 0 Å². The molecule has 20 heavy (non-hydrogen) atoms. The zero-order chi connectivity index (χ0) is 14.1. The van der Waals surface area contributed by atoms with Crippen LogP contribution in [-0.4, -0.2) is 32.1 Å². The van der Waals surface area contributed by atoms with E-state index in [4.69, 9.17) is 10.9 Å². The molecule has 2 aromatic rings. The van der Waals surface area contributed by atoms with Crippen LogP contribution < -0.4 is 10.6 Å². The van der Waals surface area contributed by atoms with E-state index in [2.05, 4.69) is 24.6 Å². The first-order chi connectivity index (χ1) is 9.69. The lowest BCUT2D eigenvalue weighted by molar-refractivity contribution is 0.318. The molecule has 1 aliphatic heterocycles. The second kappa shape index (κ2) is 4.84. The molecule has 0 bridgehead atoms. The van der Waals surface area contributed by atoms with Crippen LogP contribution in [0.1, 0.15) is 17.1 Å². The molecule has 3 rings (SSSR count). The first-order valence-electron chi connectivity index (χ1n) is 6.39. The van der Waals surface area contributed by atoms with Crippen molar-refractivity contribution in [1.29, 1.82) is 0 Å². The van der Waals surface area contributed by atoms with Gasteiger partial charge in [-0.25, -0.2) is 9.97 Å². The van der Waals surface area contributed by atoms with Gasteiger partial charge < -0.3 is 20.4 Å². The number of aromatic nitrogens is 3. The van der Waals surface area contributed by atoms with Crippen LogP contribution in [0.3, 0.4) is 0 Å². The number of hydrogen-bond acceptors (Lipinski definition) is 5. The number of anilines is 1. The lowest BCUT2D eigenvalue weighted by Crippen LogP contribution is -2.36. The lowest BCUT2D eigenvalue weighted by atomic mass is 10.2. The summed E-state index contributed by atoms with van der Waals surface area (Å²) in [6.07, 6.45) is 3.77. The van der Waals surface area contributed by atoms with Crippen LogP contribution in [0.25, 0.3) is 0 Å². The molecule has 104 valence electrons. The fraction of sp³-hybridized carbons (Fsp3) is 0.308. The average Bonchev–Trinajstić information content (AvgIpc) is 2.93. The van der Waals surface area contributed by atoms with E-state index in [-0.39, 0.29) is 5.84 Å². The van der Waals surface area contributed by atoms with Crippen LogP contribution in [0.5, 0.6) is 0 Å². The van der Waals surface area contributed by atoms with Gasteiger partial charge in [-0.3, -0.25) is 0 Å². The lowest BCUT2D eigenvalue weighted by Gasteiger charge is -2.30. The van der Waals surface area contributed by atoms with Gasteiger partial charge in [0.25, 0.3) is 0 Å². The summed E-state index contributed by atoms with van der Waals surface area (Å²) >= 11 is 0. The highest BCUT2D eigenvalue weighted by molar-refractivity contribution is 6.01. The van der Waals surface area contributed by atoms with Gasteiger partial charge in [0.05, 0.1) is 12.1 Å². The first kappa shape index (κ1) is 12.5. The Morgan fingerprint density at radius 2 is 2.25 bits per heavy atom. The molecule has 2 aromatic heterocycles. The van der Waals surface area contributed by atoms with Gasteiger partial charge in [0, 0.05) is 31.2 Å². The summed E-state index contributed by atoms with van der Waals surface area (Å²) in [5, 5.41) is 12.0. The van der Waals surface area contributed by atoms with Crippen molar-refractivity contribution in [3.05, 3.63) is 41.6 Å². The summed E-state index contributed by atoms with van der Waals surface area (Å²) in [4.78, 5) is 11.0. The highest BCUT2D eigenvalue weighted by Crippen LogP contribution is 2.22. The van der Waals surface area contributed by atoms with E-state index in [0.29, 0.717) is 12.1 Å². The third-order valence-electron chi connectivity index (χ3n) is 3.44. The van der Waals surface area contributed by atoms with Crippen LogP contribution in [0.4, 0.5) is 5.82 Å². The van der Waals surface area contributed by atoms with Crippen molar-refractivity contribution in [1.82, 2.24) is 14.5 Å². The van der Waals surface area contributed by atoms with Crippen LogP contribution in [0.2, 0.25) is 0 Å². The predicted molar refractivity (Wildman–Crippen MR) is 74.8 cm³/mol. The summed E-state index contributed by atoms with van der Waals surface area (Å²) in [6.45, 7) is 4.24. The number of imidazole rings is 1. The summed E-state index contributed by atoms with van der Waals surface area (Å²) in [5.41, 5.74) is 7.27. The molecule has 0 saturated carbocycles. The van der Waals surface area contributed by atoms with E-state index < -0.39 is 0 Å². The Bertz CT molecular complexity index is 663. The zero-order valence-corrected chi connectivity index (χ0v) is 11.2. The third-order valence-corrected chi connectivity index (χ3v) is 3.44. The Morgan fingerprint density at radius 3 is 3.05 bits per heavy atom. The van der Waals surface area contributed by atoms with Gasteiger partial charge in [0.1, 0.15) is 11.6 Å². The van der Waals surface area contributed by atoms with Gasteiger partial charge in [-0.05, 0) is 19.1 Å². The Kier molecular flexibility index (Phi) is 3.02. The minimum atomic E-state index is 0.0708. The van der Waals surface area contributed by atoms with Gasteiger partial charge in [-0.1, -0.05) is 5.16 Å². The van der Waals surface area contributed by atoms with Crippen molar-refractivity contribution >= 4 is 11.7 Å². The molecule has 0 amide bonds. The van der Waals surface area contributed by atoms with Gasteiger partial charge >= 0.3 is 0 Å². The molecule has 0 unspecified atom stereocenters. The number of aryl methyl sites for hydroxylation is 1. The molecule has 3 heterocycles. The summed E-state index contributed by atoms with van der Waals surface area (Å²) in [7, 11) is 0. The van der Waals surface area contributed by atoms with Crippen LogP contribution in [-0.2, 0) is 13.1 Å². The van der Waals surface area contributed by atoms with Gasteiger partial charge in [-0.2, -0.15) is 0 Å². The molecular weight excluding hydrogens is 256 g/mol. The summed E-state index contributed by atoms with van der Waals surface area (Å²) < 4.78 is 2.12. The standard InChI is InChI=1S/C13H16N6O/c1-9-2-3-10(12(14)17-20)13(16-9)19-7-6-18-5-4-15-11(18)8-19/h2-5,20H,6-8H2,1H3,(H2,14,17). The Hall–Kier alpha value is -2.57. The molecule has 1 aliphatic rings. The van der Waals surface area contributed by atoms with Gasteiger partial charge in [-0.15, -0.1) is 0 Å². The minimum absolute atomic E-state index is 0.0708. The monoisotopic (exact) mass is 272 g/mol. The number of hydrogen-bond donors (Lipinski definition) is 2. The molecule has 0 fully saturated rings. The molecule has 0 saturated heterocycles. The molecule has 0 radical (unpaired) electrons. The Labute approximate surface area is 116 Å². The number of oxime groups is 1.